The number of aryl methyl sites for hydroxylation is 1. The minimum Gasteiger partial charge on any atom is -0.481 e. The molecule has 0 fully saturated rings. The third kappa shape index (κ3) is 4.47. The Morgan fingerprint density at radius 3 is 2.38 bits per heavy atom. The van der Waals surface area contributed by atoms with Crippen LogP contribution in [0.15, 0.2) is 30.3 Å². The van der Waals surface area contributed by atoms with Crippen molar-refractivity contribution in [2.45, 2.75) is 45.6 Å². The van der Waals surface area contributed by atoms with Crippen LogP contribution in [0, 0.1) is 12.7 Å². The number of hydrogen-bond donors (Lipinski definition) is 2. The van der Waals surface area contributed by atoms with Crippen LogP contribution in [-0.2, 0) is 4.79 Å². The molecular weight excluding hydrogens is 337 g/mol. The molecule has 1 aromatic heterocycles. The smallest absolute Gasteiger partial charge is 0.312 e. The summed E-state index contributed by atoms with van der Waals surface area (Å²) < 4.78 is 14.9. The van der Waals surface area contributed by atoms with E-state index in [-0.39, 0.29) is 18.3 Å². The van der Waals surface area contributed by atoms with Gasteiger partial charge in [0.2, 0.25) is 0 Å². The van der Waals surface area contributed by atoms with Crippen LogP contribution in [0.1, 0.15) is 60.4 Å². The van der Waals surface area contributed by atoms with Crippen molar-refractivity contribution in [3.8, 4) is 0 Å². The number of nitrogens with zero attached hydrogens (tertiary/aromatic N) is 2. The molecule has 7 heteroatoms. The second-order valence-electron chi connectivity index (χ2n) is 6.24. The second-order valence-corrected chi connectivity index (χ2v) is 6.24. The average molecular weight is 361 g/mol. The number of hydrogen-bond acceptors (Lipinski definition) is 3. The van der Waals surface area contributed by atoms with Crippen molar-refractivity contribution in [3.63, 3.8) is 0 Å². The third-order valence-corrected chi connectivity index (χ3v) is 4.48. The third-order valence-electron chi connectivity index (χ3n) is 4.48. The van der Waals surface area contributed by atoms with E-state index in [0.29, 0.717) is 5.56 Å². The van der Waals surface area contributed by atoms with Crippen LogP contribution in [0.5, 0.6) is 0 Å². The Kier molecular flexibility index (Phi) is 6.49. The molecule has 1 aromatic carbocycles. The molecule has 2 N–H and O–H groups in total. The monoisotopic (exact) mass is 361 g/mol. The number of carbonyl (C=O) groups is 2. The topological polar surface area (TPSA) is 84.2 Å². The summed E-state index contributed by atoms with van der Waals surface area (Å²) in [6.07, 6.45) is 1.82. The van der Waals surface area contributed by atoms with Gasteiger partial charge in [0.05, 0.1) is 12.0 Å². The van der Waals surface area contributed by atoms with Crippen LogP contribution in [0.25, 0.3) is 0 Å². The van der Waals surface area contributed by atoms with Gasteiger partial charge in [-0.15, -0.1) is 0 Å². The average Bonchev–Trinajstić information content (AvgIpc) is 2.99. The summed E-state index contributed by atoms with van der Waals surface area (Å²) in [5.41, 5.74) is 1.58. The van der Waals surface area contributed by atoms with Gasteiger partial charge in [0.25, 0.3) is 5.91 Å². The number of amides is 1. The number of nitrogens with one attached hydrogen (secondary N) is 1. The summed E-state index contributed by atoms with van der Waals surface area (Å²) in [6.45, 7) is 5.92. The molecule has 1 amide bonds. The number of aromatic nitrogens is 2. The van der Waals surface area contributed by atoms with Gasteiger partial charge >= 0.3 is 5.97 Å². The van der Waals surface area contributed by atoms with E-state index in [0.717, 1.165) is 18.5 Å². The molecule has 0 bridgehead atoms. The predicted molar refractivity (Wildman–Crippen MR) is 95.7 cm³/mol. The van der Waals surface area contributed by atoms with Crippen LogP contribution in [0.2, 0.25) is 0 Å². The molecule has 1 heterocycles. The van der Waals surface area contributed by atoms with Gasteiger partial charge in [0.1, 0.15) is 11.5 Å². The number of carboxylic acid groups (broad SMARTS) is 1. The number of rotatable bonds is 8. The van der Waals surface area contributed by atoms with Crippen molar-refractivity contribution >= 4 is 11.9 Å². The predicted octanol–water partition coefficient (Wildman–Crippen LogP) is 3.29. The van der Waals surface area contributed by atoms with Crippen molar-refractivity contribution in [1.29, 1.82) is 0 Å². The minimum atomic E-state index is -1.09. The lowest BCUT2D eigenvalue weighted by Crippen LogP contribution is -2.32. The molecule has 26 heavy (non-hydrogen) atoms. The molecular formula is C19H24FN3O3. The van der Waals surface area contributed by atoms with E-state index in [1.165, 1.54) is 24.3 Å². The standard InChI is InChI=1S/C19H24FN3O3/c1-4-15(5-2)23-12(3)10-17(22-23)18(24)21-11-16(19(25)26)13-6-8-14(20)9-7-13/h6-10,15-16H,4-5,11H2,1-3H3,(H,21,24)(H,25,26). The fourth-order valence-electron chi connectivity index (χ4n) is 2.93. The fraction of sp³-hybridized carbons (Fsp3) is 0.421. The molecule has 0 spiro atoms. The van der Waals surface area contributed by atoms with Crippen LogP contribution in [0.4, 0.5) is 4.39 Å². The van der Waals surface area contributed by atoms with Crippen molar-refractivity contribution < 1.29 is 19.1 Å². The highest BCUT2D eigenvalue weighted by atomic mass is 19.1. The van der Waals surface area contributed by atoms with Gasteiger partial charge in [-0.25, -0.2) is 4.39 Å². The number of benzene rings is 1. The Morgan fingerprint density at radius 2 is 1.85 bits per heavy atom. The van der Waals surface area contributed by atoms with E-state index in [1.54, 1.807) is 6.07 Å². The van der Waals surface area contributed by atoms with E-state index < -0.39 is 23.6 Å². The first-order valence-electron chi connectivity index (χ1n) is 8.69. The molecule has 6 nitrogen and oxygen atoms in total. The number of halogens is 1. The zero-order valence-electron chi connectivity index (χ0n) is 15.2. The first-order chi connectivity index (χ1) is 12.4. The summed E-state index contributed by atoms with van der Waals surface area (Å²) in [5, 5.41) is 16.4. The molecule has 1 atom stereocenters. The van der Waals surface area contributed by atoms with E-state index in [1.807, 2.05) is 11.6 Å². The molecule has 140 valence electrons. The van der Waals surface area contributed by atoms with Crippen molar-refractivity contribution in [2.75, 3.05) is 6.54 Å². The molecule has 0 aliphatic rings. The summed E-state index contributed by atoms with van der Waals surface area (Å²) >= 11 is 0. The zero-order valence-corrected chi connectivity index (χ0v) is 15.2. The second kappa shape index (κ2) is 8.60. The van der Waals surface area contributed by atoms with Gasteiger partial charge in [-0.05, 0) is 43.5 Å². The lowest BCUT2D eigenvalue weighted by atomic mass is 9.99. The van der Waals surface area contributed by atoms with Gasteiger partial charge < -0.3 is 10.4 Å². The summed E-state index contributed by atoms with van der Waals surface area (Å²) in [6, 6.07) is 7.14. The lowest BCUT2D eigenvalue weighted by Gasteiger charge is -2.15. The van der Waals surface area contributed by atoms with Gasteiger partial charge in [0.15, 0.2) is 0 Å². The molecule has 0 radical (unpaired) electrons. The summed E-state index contributed by atoms with van der Waals surface area (Å²) in [5.74, 6) is -2.91. The van der Waals surface area contributed by atoms with Crippen LogP contribution >= 0.6 is 0 Å². The molecule has 2 rings (SSSR count). The quantitative estimate of drug-likeness (QED) is 0.756. The maximum absolute atomic E-state index is 13.0. The highest BCUT2D eigenvalue weighted by molar-refractivity contribution is 5.92. The SMILES string of the molecule is CCC(CC)n1nc(C(=O)NCC(C(=O)O)c2ccc(F)cc2)cc1C. The molecule has 0 saturated heterocycles. The van der Waals surface area contributed by atoms with Crippen LogP contribution in [-0.4, -0.2) is 33.3 Å². The van der Waals surface area contributed by atoms with Crippen molar-refractivity contribution in [2.24, 2.45) is 0 Å². The first-order valence-corrected chi connectivity index (χ1v) is 8.69. The van der Waals surface area contributed by atoms with Crippen LogP contribution in [0.3, 0.4) is 0 Å². The van der Waals surface area contributed by atoms with E-state index in [4.69, 9.17) is 0 Å². The van der Waals surface area contributed by atoms with Gasteiger partial charge in [-0.3, -0.25) is 14.3 Å². The van der Waals surface area contributed by atoms with E-state index in [9.17, 15) is 19.1 Å². The number of carbonyl (C=O) groups excluding carboxylic acids is 1. The zero-order chi connectivity index (χ0) is 19.3. The van der Waals surface area contributed by atoms with Crippen LogP contribution < -0.4 is 5.32 Å². The highest BCUT2D eigenvalue weighted by Crippen LogP contribution is 2.19. The van der Waals surface area contributed by atoms with Gasteiger partial charge in [-0.2, -0.15) is 5.10 Å². The van der Waals surface area contributed by atoms with Crippen molar-refractivity contribution in [3.05, 3.63) is 53.1 Å². The van der Waals surface area contributed by atoms with E-state index >= 15 is 0 Å². The fourth-order valence-corrected chi connectivity index (χ4v) is 2.93. The first kappa shape index (κ1) is 19.6. The summed E-state index contributed by atoms with van der Waals surface area (Å²) in [4.78, 5) is 23.9. The van der Waals surface area contributed by atoms with Gasteiger partial charge in [-0.1, -0.05) is 26.0 Å². The maximum atomic E-state index is 13.0. The molecule has 0 aliphatic heterocycles. The molecule has 0 saturated carbocycles. The lowest BCUT2D eigenvalue weighted by molar-refractivity contribution is -0.138. The molecule has 1 unspecified atom stereocenters. The number of carboxylic acids is 1. The molecule has 2 aromatic rings. The minimum absolute atomic E-state index is 0.101. The Labute approximate surface area is 152 Å². The Bertz CT molecular complexity index is 767. The maximum Gasteiger partial charge on any atom is 0.312 e. The van der Waals surface area contributed by atoms with Crippen molar-refractivity contribution in [1.82, 2.24) is 15.1 Å². The van der Waals surface area contributed by atoms with Gasteiger partial charge in [0, 0.05) is 12.2 Å². The molecule has 0 aliphatic carbocycles. The Morgan fingerprint density at radius 1 is 1.23 bits per heavy atom. The largest absolute Gasteiger partial charge is 0.481 e. The number of aliphatic carboxylic acids is 1. The normalized spacial score (nSPS) is 12.2. The Balaban J connectivity index is 2.10. The highest BCUT2D eigenvalue weighted by Gasteiger charge is 2.22. The van der Waals surface area contributed by atoms with E-state index in [2.05, 4.69) is 24.3 Å². The summed E-state index contributed by atoms with van der Waals surface area (Å²) in [7, 11) is 0. The Hall–Kier alpha value is -2.70.